The van der Waals surface area contributed by atoms with E-state index in [4.69, 9.17) is 11.5 Å². The molecule has 13 heavy (non-hydrogen) atoms. The first-order valence-electron chi connectivity index (χ1n) is 4.59. The van der Waals surface area contributed by atoms with Crippen molar-refractivity contribution in [3.8, 4) is 0 Å². The summed E-state index contributed by atoms with van der Waals surface area (Å²) in [6.45, 7) is 6.78. The van der Waals surface area contributed by atoms with E-state index in [2.05, 4.69) is 32.9 Å². The standard InChI is InChI=1S/C11H18N2/c1-7-4-8(2)11(9(3)5-7)10(13)6-12/h4-5,10H,6,12-13H2,1-3H3/t10-/m0/s1. The Kier molecular flexibility index (Phi) is 3.07. The topological polar surface area (TPSA) is 52.0 Å². The summed E-state index contributed by atoms with van der Waals surface area (Å²) in [5.41, 5.74) is 16.4. The molecule has 1 aromatic rings. The lowest BCUT2D eigenvalue weighted by atomic mass is 9.94. The number of aryl methyl sites for hydroxylation is 3. The number of benzene rings is 1. The molecule has 1 rings (SSSR count). The molecule has 0 aliphatic carbocycles. The predicted molar refractivity (Wildman–Crippen MR) is 56.6 cm³/mol. The highest BCUT2D eigenvalue weighted by atomic mass is 14.7. The summed E-state index contributed by atoms with van der Waals surface area (Å²) < 4.78 is 0. The fourth-order valence-corrected chi connectivity index (χ4v) is 1.89. The molecule has 2 nitrogen and oxygen atoms in total. The molecule has 0 heterocycles. The highest BCUT2D eigenvalue weighted by Crippen LogP contribution is 2.21. The van der Waals surface area contributed by atoms with Gasteiger partial charge in [-0.05, 0) is 37.5 Å². The lowest BCUT2D eigenvalue weighted by molar-refractivity contribution is 0.725. The van der Waals surface area contributed by atoms with Crippen LogP contribution in [0.5, 0.6) is 0 Å². The zero-order valence-electron chi connectivity index (χ0n) is 8.59. The second-order valence-electron chi connectivity index (χ2n) is 3.65. The molecule has 4 N–H and O–H groups in total. The van der Waals surface area contributed by atoms with Crippen molar-refractivity contribution < 1.29 is 0 Å². The maximum Gasteiger partial charge on any atom is 0.0424 e. The van der Waals surface area contributed by atoms with Gasteiger partial charge < -0.3 is 11.5 Å². The van der Waals surface area contributed by atoms with Crippen LogP contribution >= 0.6 is 0 Å². The molecule has 0 amide bonds. The minimum Gasteiger partial charge on any atom is -0.329 e. The van der Waals surface area contributed by atoms with Crippen LogP contribution in [0.4, 0.5) is 0 Å². The van der Waals surface area contributed by atoms with Crippen LogP contribution in [-0.4, -0.2) is 6.54 Å². The largest absolute Gasteiger partial charge is 0.329 e. The average Bonchev–Trinajstić information content (AvgIpc) is 2.02. The van der Waals surface area contributed by atoms with Crippen molar-refractivity contribution in [1.29, 1.82) is 0 Å². The Labute approximate surface area is 79.9 Å². The van der Waals surface area contributed by atoms with Gasteiger partial charge in [-0.25, -0.2) is 0 Å². The lowest BCUT2D eigenvalue weighted by Gasteiger charge is -2.16. The molecule has 1 aromatic carbocycles. The van der Waals surface area contributed by atoms with Gasteiger partial charge in [0.05, 0.1) is 0 Å². The van der Waals surface area contributed by atoms with Crippen molar-refractivity contribution in [3.63, 3.8) is 0 Å². The van der Waals surface area contributed by atoms with Gasteiger partial charge in [-0.2, -0.15) is 0 Å². The number of hydrogen-bond acceptors (Lipinski definition) is 2. The van der Waals surface area contributed by atoms with Crippen molar-refractivity contribution in [2.75, 3.05) is 6.54 Å². The van der Waals surface area contributed by atoms with Gasteiger partial charge in [-0.15, -0.1) is 0 Å². The molecule has 0 saturated carbocycles. The van der Waals surface area contributed by atoms with Crippen molar-refractivity contribution in [3.05, 3.63) is 34.4 Å². The Morgan fingerprint density at radius 1 is 1.15 bits per heavy atom. The fraction of sp³-hybridized carbons (Fsp3) is 0.455. The van der Waals surface area contributed by atoms with E-state index in [9.17, 15) is 0 Å². The van der Waals surface area contributed by atoms with Gasteiger partial charge in [-0.1, -0.05) is 17.7 Å². The minimum atomic E-state index is -0.0272. The minimum absolute atomic E-state index is 0.0272. The fourth-order valence-electron chi connectivity index (χ4n) is 1.89. The zero-order chi connectivity index (χ0) is 10.0. The maximum absolute atomic E-state index is 5.92. The zero-order valence-corrected chi connectivity index (χ0v) is 8.59. The van der Waals surface area contributed by atoms with E-state index in [1.54, 1.807) is 0 Å². The Bertz CT molecular complexity index is 282. The normalized spacial score (nSPS) is 13.0. The second-order valence-corrected chi connectivity index (χ2v) is 3.65. The molecule has 0 saturated heterocycles. The molecule has 72 valence electrons. The quantitative estimate of drug-likeness (QED) is 0.722. The highest BCUT2D eigenvalue weighted by molar-refractivity contribution is 5.39. The summed E-state index contributed by atoms with van der Waals surface area (Å²) >= 11 is 0. The van der Waals surface area contributed by atoms with E-state index >= 15 is 0 Å². The summed E-state index contributed by atoms with van der Waals surface area (Å²) in [4.78, 5) is 0. The summed E-state index contributed by atoms with van der Waals surface area (Å²) in [6, 6.07) is 4.27. The monoisotopic (exact) mass is 178 g/mol. The maximum atomic E-state index is 5.92. The molecular formula is C11H18N2. The van der Waals surface area contributed by atoms with Crippen LogP contribution in [-0.2, 0) is 0 Å². The SMILES string of the molecule is Cc1cc(C)c([C@@H](N)CN)c(C)c1. The summed E-state index contributed by atoms with van der Waals surface area (Å²) in [5, 5.41) is 0. The molecular weight excluding hydrogens is 160 g/mol. The van der Waals surface area contributed by atoms with E-state index in [1.165, 1.54) is 22.3 Å². The first-order chi connectivity index (χ1) is 6.06. The molecule has 2 heteroatoms. The molecule has 0 spiro atoms. The van der Waals surface area contributed by atoms with Gasteiger partial charge >= 0.3 is 0 Å². The summed E-state index contributed by atoms with van der Waals surface area (Å²) in [6.07, 6.45) is 0. The third kappa shape index (κ3) is 2.08. The molecule has 0 aliphatic heterocycles. The Morgan fingerprint density at radius 3 is 2.00 bits per heavy atom. The van der Waals surface area contributed by atoms with Crippen molar-refractivity contribution in [2.45, 2.75) is 26.8 Å². The summed E-state index contributed by atoms with van der Waals surface area (Å²) in [7, 11) is 0. The van der Waals surface area contributed by atoms with E-state index < -0.39 is 0 Å². The van der Waals surface area contributed by atoms with Crippen LogP contribution in [0, 0.1) is 20.8 Å². The molecule has 0 aromatic heterocycles. The van der Waals surface area contributed by atoms with Gasteiger partial charge in [0.15, 0.2) is 0 Å². The molecule has 0 fully saturated rings. The van der Waals surface area contributed by atoms with Gasteiger partial charge in [0, 0.05) is 12.6 Å². The molecule has 0 radical (unpaired) electrons. The lowest BCUT2D eigenvalue weighted by Crippen LogP contribution is -2.22. The van der Waals surface area contributed by atoms with Crippen LogP contribution in [0.15, 0.2) is 12.1 Å². The number of rotatable bonds is 2. The number of nitrogens with two attached hydrogens (primary N) is 2. The third-order valence-corrected chi connectivity index (χ3v) is 2.36. The van der Waals surface area contributed by atoms with E-state index in [1.807, 2.05) is 0 Å². The van der Waals surface area contributed by atoms with Crippen LogP contribution in [0.25, 0.3) is 0 Å². The Balaban J connectivity index is 3.20. The number of hydrogen-bond donors (Lipinski definition) is 2. The van der Waals surface area contributed by atoms with Gasteiger partial charge in [0.25, 0.3) is 0 Å². The molecule has 1 atom stereocenters. The predicted octanol–water partition coefficient (Wildman–Crippen LogP) is 1.57. The smallest absolute Gasteiger partial charge is 0.0424 e. The molecule has 0 unspecified atom stereocenters. The summed E-state index contributed by atoms with van der Waals surface area (Å²) in [5.74, 6) is 0. The molecule has 0 aliphatic rings. The Morgan fingerprint density at radius 2 is 1.62 bits per heavy atom. The van der Waals surface area contributed by atoms with E-state index in [-0.39, 0.29) is 6.04 Å². The average molecular weight is 178 g/mol. The van der Waals surface area contributed by atoms with Gasteiger partial charge in [0.2, 0.25) is 0 Å². The van der Waals surface area contributed by atoms with Crippen LogP contribution in [0.3, 0.4) is 0 Å². The van der Waals surface area contributed by atoms with E-state index in [0.29, 0.717) is 6.54 Å². The van der Waals surface area contributed by atoms with E-state index in [0.717, 1.165) is 0 Å². The van der Waals surface area contributed by atoms with Gasteiger partial charge in [0.1, 0.15) is 0 Å². The highest BCUT2D eigenvalue weighted by Gasteiger charge is 2.10. The first kappa shape index (κ1) is 10.2. The molecule has 0 bridgehead atoms. The third-order valence-electron chi connectivity index (χ3n) is 2.36. The van der Waals surface area contributed by atoms with Crippen molar-refractivity contribution in [1.82, 2.24) is 0 Å². The van der Waals surface area contributed by atoms with Crippen molar-refractivity contribution in [2.24, 2.45) is 11.5 Å². The Hall–Kier alpha value is -0.860. The van der Waals surface area contributed by atoms with Crippen LogP contribution in [0.1, 0.15) is 28.3 Å². The van der Waals surface area contributed by atoms with Gasteiger partial charge in [-0.3, -0.25) is 0 Å². The first-order valence-corrected chi connectivity index (χ1v) is 4.59. The van der Waals surface area contributed by atoms with Crippen LogP contribution < -0.4 is 11.5 Å². The second kappa shape index (κ2) is 3.90. The van der Waals surface area contributed by atoms with Crippen molar-refractivity contribution >= 4 is 0 Å². The van der Waals surface area contributed by atoms with Crippen LogP contribution in [0.2, 0.25) is 0 Å².